The minimum Gasteiger partial charge on any atom is -0.389 e. The molecule has 0 aliphatic heterocycles. The van der Waals surface area contributed by atoms with Gasteiger partial charge >= 0.3 is 0 Å². The van der Waals surface area contributed by atoms with Gasteiger partial charge in [-0.3, -0.25) is 0 Å². The summed E-state index contributed by atoms with van der Waals surface area (Å²) < 4.78 is 0. The average Bonchev–Trinajstić information content (AvgIpc) is 2.06. The van der Waals surface area contributed by atoms with E-state index in [1.165, 1.54) is 32.1 Å². The second-order valence-corrected chi connectivity index (χ2v) is 4.22. The number of halogens is 1. The van der Waals surface area contributed by atoms with Crippen LogP contribution in [0.2, 0.25) is 0 Å². The molecule has 1 fully saturated rings. The molecule has 0 amide bonds. The summed E-state index contributed by atoms with van der Waals surface area (Å²) in [5.74, 6) is 0.513. The van der Waals surface area contributed by atoms with Gasteiger partial charge in [-0.2, -0.15) is 0 Å². The van der Waals surface area contributed by atoms with Crippen LogP contribution in [-0.2, 0) is 0 Å². The summed E-state index contributed by atoms with van der Waals surface area (Å²) in [7, 11) is 1.90. The lowest BCUT2D eigenvalue weighted by Gasteiger charge is -2.35. The summed E-state index contributed by atoms with van der Waals surface area (Å²) in [6, 6.07) is 0. The van der Waals surface area contributed by atoms with E-state index in [1.807, 2.05) is 14.0 Å². The van der Waals surface area contributed by atoms with Crippen LogP contribution >= 0.6 is 12.4 Å². The number of rotatable bonds is 3. The summed E-state index contributed by atoms with van der Waals surface area (Å²) in [6.07, 6.45) is 6.35. The lowest BCUT2D eigenvalue weighted by atomic mass is 9.78. The van der Waals surface area contributed by atoms with Crippen LogP contribution in [0.1, 0.15) is 39.0 Å². The first-order valence-electron chi connectivity index (χ1n) is 5.04. The highest BCUT2D eigenvalue weighted by atomic mass is 35.5. The van der Waals surface area contributed by atoms with Crippen molar-refractivity contribution in [2.45, 2.75) is 44.6 Å². The SMILES string of the molecule is CNCC(C)(O)C1CCCCC1.Cl. The van der Waals surface area contributed by atoms with Crippen molar-refractivity contribution in [3.63, 3.8) is 0 Å². The van der Waals surface area contributed by atoms with Gasteiger partial charge in [-0.25, -0.2) is 0 Å². The number of hydrogen-bond acceptors (Lipinski definition) is 2. The maximum atomic E-state index is 10.1. The number of nitrogens with one attached hydrogen (secondary N) is 1. The summed E-state index contributed by atoms with van der Waals surface area (Å²) in [6.45, 7) is 2.68. The third-order valence-electron chi connectivity index (χ3n) is 3.02. The molecule has 0 spiro atoms. The summed E-state index contributed by atoms with van der Waals surface area (Å²) in [4.78, 5) is 0. The molecule has 1 aliphatic carbocycles. The van der Waals surface area contributed by atoms with Crippen LogP contribution in [0.4, 0.5) is 0 Å². The zero-order chi connectivity index (χ0) is 9.03. The van der Waals surface area contributed by atoms with Crippen molar-refractivity contribution in [3.05, 3.63) is 0 Å². The lowest BCUT2D eigenvalue weighted by molar-refractivity contribution is -0.0137. The van der Waals surface area contributed by atoms with Crippen LogP contribution in [0, 0.1) is 5.92 Å². The second-order valence-electron chi connectivity index (χ2n) is 4.22. The van der Waals surface area contributed by atoms with E-state index in [4.69, 9.17) is 0 Å². The minimum atomic E-state index is -0.491. The predicted octanol–water partition coefficient (Wildman–Crippen LogP) is 1.96. The van der Waals surface area contributed by atoms with E-state index in [0.29, 0.717) is 5.92 Å². The Labute approximate surface area is 87.5 Å². The maximum absolute atomic E-state index is 10.1. The molecule has 0 bridgehead atoms. The zero-order valence-corrected chi connectivity index (χ0v) is 9.49. The van der Waals surface area contributed by atoms with Crippen molar-refractivity contribution in [1.82, 2.24) is 5.32 Å². The average molecular weight is 208 g/mol. The summed E-state index contributed by atoms with van der Waals surface area (Å²) in [5, 5.41) is 13.1. The molecule has 80 valence electrons. The monoisotopic (exact) mass is 207 g/mol. The molecule has 0 heterocycles. The zero-order valence-electron chi connectivity index (χ0n) is 8.68. The Morgan fingerprint density at radius 1 is 1.31 bits per heavy atom. The van der Waals surface area contributed by atoms with E-state index in [2.05, 4.69) is 5.32 Å². The molecule has 1 rings (SSSR count). The topological polar surface area (TPSA) is 32.3 Å². The van der Waals surface area contributed by atoms with Gasteiger partial charge in [0, 0.05) is 6.54 Å². The highest BCUT2D eigenvalue weighted by Gasteiger charge is 2.31. The van der Waals surface area contributed by atoms with Crippen LogP contribution in [0.5, 0.6) is 0 Å². The van der Waals surface area contributed by atoms with Gasteiger partial charge < -0.3 is 10.4 Å². The molecule has 1 saturated carbocycles. The fraction of sp³-hybridized carbons (Fsp3) is 1.00. The number of hydrogen-bond donors (Lipinski definition) is 2. The Bertz CT molecular complexity index is 133. The molecule has 0 saturated heterocycles. The molecule has 1 aliphatic rings. The van der Waals surface area contributed by atoms with Crippen molar-refractivity contribution >= 4 is 12.4 Å². The van der Waals surface area contributed by atoms with E-state index in [0.717, 1.165) is 6.54 Å². The third kappa shape index (κ3) is 3.84. The molecule has 0 radical (unpaired) electrons. The minimum absolute atomic E-state index is 0. The van der Waals surface area contributed by atoms with E-state index in [-0.39, 0.29) is 12.4 Å². The van der Waals surface area contributed by atoms with Crippen molar-refractivity contribution in [1.29, 1.82) is 0 Å². The highest BCUT2D eigenvalue weighted by Crippen LogP contribution is 2.31. The smallest absolute Gasteiger partial charge is 0.0771 e. The predicted molar refractivity (Wildman–Crippen MR) is 58.4 cm³/mol. The molecule has 13 heavy (non-hydrogen) atoms. The maximum Gasteiger partial charge on any atom is 0.0771 e. The summed E-state index contributed by atoms with van der Waals surface area (Å²) in [5.41, 5.74) is -0.491. The Balaban J connectivity index is 0.00000144. The highest BCUT2D eigenvalue weighted by molar-refractivity contribution is 5.85. The van der Waals surface area contributed by atoms with Crippen LogP contribution in [0.25, 0.3) is 0 Å². The molecule has 1 atom stereocenters. The van der Waals surface area contributed by atoms with E-state index >= 15 is 0 Å². The van der Waals surface area contributed by atoms with Crippen LogP contribution < -0.4 is 5.32 Å². The molecule has 0 aromatic rings. The van der Waals surface area contributed by atoms with Gasteiger partial charge in [0.1, 0.15) is 0 Å². The Morgan fingerprint density at radius 3 is 2.31 bits per heavy atom. The van der Waals surface area contributed by atoms with Gasteiger partial charge in [0.05, 0.1) is 5.60 Å². The van der Waals surface area contributed by atoms with Crippen LogP contribution in [0.3, 0.4) is 0 Å². The molecule has 1 unspecified atom stereocenters. The first-order chi connectivity index (χ1) is 5.67. The normalized spacial score (nSPS) is 23.3. The molecule has 3 heteroatoms. The van der Waals surface area contributed by atoms with Crippen LogP contribution in [-0.4, -0.2) is 24.3 Å². The quantitative estimate of drug-likeness (QED) is 0.742. The fourth-order valence-electron chi connectivity index (χ4n) is 2.23. The number of likely N-dealkylation sites (N-methyl/N-ethyl adjacent to an activating group) is 1. The lowest BCUT2D eigenvalue weighted by Crippen LogP contribution is -2.44. The first kappa shape index (κ1) is 13.2. The molecule has 2 nitrogen and oxygen atoms in total. The summed E-state index contributed by atoms with van der Waals surface area (Å²) >= 11 is 0. The van der Waals surface area contributed by atoms with Crippen molar-refractivity contribution < 1.29 is 5.11 Å². The Kier molecular flexibility index (Phi) is 5.93. The van der Waals surface area contributed by atoms with Gasteiger partial charge in [0.15, 0.2) is 0 Å². The molecule has 0 aromatic heterocycles. The van der Waals surface area contributed by atoms with Gasteiger partial charge in [0.25, 0.3) is 0 Å². The van der Waals surface area contributed by atoms with Crippen LogP contribution in [0.15, 0.2) is 0 Å². The molecule has 0 aromatic carbocycles. The van der Waals surface area contributed by atoms with Gasteiger partial charge in [-0.05, 0) is 32.7 Å². The van der Waals surface area contributed by atoms with E-state index < -0.39 is 5.60 Å². The second kappa shape index (κ2) is 5.84. The van der Waals surface area contributed by atoms with Crippen molar-refractivity contribution in [2.75, 3.05) is 13.6 Å². The largest absolute Gasteiger partial charge is 0.389 e. The van der Waals surface area contributed by atoms with Crippen molar-refractivity contribution in [3.8, 4) is 0 Å². The van der Waals surface area contributed by atoms with Crippen molar-refractivity contribution in [2.24, 2.45) is 5.92 Å². The molecule has 2 N–H and O–H groups in total. The van der Waals surface area contributed by atoms with Gasteiger partial charge in [-0.1, -0.05) is 19.3 Å². The fourth-order valence-corrected chi connectivity index (χ4v) is 2.23. The van der Waals surface area contributed by atoms with Gasteiger partial charge in [-0.15, -0.1) is 12.4 Å². The number of aliphatic hydroxyl groups is 1. The standard InChI is InChI=1S/C10H21NO.ClH/c1-10(12,8-11-2)9-6-4-3-5-7-9;/h9,11-12H,3-8H2,1-2H3;1H. The Hall–Kier alpha value is 0.210. The van der Waals surface area contributed by atoms with Gasteiger partial charge in [0.2, 0.25) is 0 Å². The Morgan fingerprint density at radius 2 is 1.85 bits per heavy atom. The van der Waals surface area contributed by atoms with E-state index in [9.17, 15) is 5.11 Å². The molecular weight excluding hydrogens is 186 g/mol. The third-order valence-corrected chi connectivity index (χ3v) is 3.02. The first-order valence-corrected chi connectivity index (χ1v) is 5.04. The molecular formula is C10H22ClNO. The van der Waals surface area contributed by atoms with E-state index in [1.54, 1.807) is 0 Å².